The van der Waals surface area contributed by atoms with E-state index in [2.05, 4.69) is 59.6 Å². The predicted octanol–water partition coefficient (Wildman–Crippen LogP) is 7.72. The summed E-state index contributed by atoms with van der Waals surface area (Å²) in [5.74, 6) is 0.277. The second-order valence-electron chi connectivity index (χ2n) is 9.76. The zero-order chi connectivity index (χ0) is 25.5. The third-order valence-electron chi connectivity index (χ3n) is 7.39. The molecule has 3 aromatic carbocycles. The third kappa shape index (κ3) is 4.07. The standard InChI is InChI=1S/C32H25N3O2S/c36-31-26(19-23-14-7-8-17-28(23)37-31)27-20-38-32(33-27)35-30(22-12-5-2-6-13-22)25-16-9-15-24(29(25)34-35)18-21-10-3-1-4-11-21/h1-8,10-14,17-20,25,30H,9,15-16H2/b24-18+. The van der Waals surface area contributed by atoms with E-state index in [-0.39, 0.29) is 17.6 Å². The summed E-state index contributed by atoms with van der Waals surface area (Å²) in [7, 11) is 0. The minimum absolute atomic E-state index is 0.0534. The SMILES string of the molecule is O=c1oc2ccccc2cc1-c1csc(N2N=C3/C(=C/c4ccccc4)CCCC3C2c2ccccc2)n1. The lowest BCUT2D eigenvalue weighted by molar-refractivity contribution is 0.487. The Hall–Kier alpha value is -4.29. The van der Waals surface area contributed by atoms with Crippen molar-refractivity contribution < 1.29 is 4.42 Å². The summed E-state index contributed by atoms with van der Waals surface area (Å²) in [6, 6.07) is 30.5. The Balaban J connectivity index is 1.32. The van der Waals surface area contributed by atoms with Crippen LogP contribution in [0.15, 0.2) is 116 Å². The van der Waals surface area contributed by atoms with Crippen molar-refractivity contribution in [2.24, 2.45) is 11.0 Å². The highest BCUT2D eigenvalue weighted by molar-refractivity contribution is 7.14. The molecule has 0 amide bonds. The topological polar surface area (TPSA) is 58.7 Å². The minimum atomic E-state index is -0.380. The molecule has 1 saturated carbocycles. The van der Waals surface area contributed by atoms with Crippen LogP contribution in [0.3, 0.4) is 0 Å². The smallest absolute Gasteiger partial charge is 0.345 e. The number of hydrazone groups is 1. The lowest BCUT2D eigenvalue weighted by atomic mass is 9.77. The molecular weight excluding hydrogens is 490 g/mol. The number of benzene rings is 3. The summed E-state index contributed by atoms with van der Waals surface area (Å²) in [5, 5.41) is 10.9. The van der Waals surface area contributed by atoms with Crippen LogP contribution in [0.1, 0.15) is 36.4 Å². The first kappa shape index (κ1) is 22.9. The molecule has 0 radical (unpaired) electrons. The molecule has 0 saturated heterocycles. The van der Waals surface area contributed by atoms with E-state index in [1.165, 1.54) is 28.0 Å². The highest BCUT2D eigenvalue weighted by atomic mass is 32.1. The molecule has 2 atom stereocenters. The van der Waals surface area contributed by atoms with Gasteiger partial charge < -0.3 is 4.42 Å². The predicted molar refractivity (Wildman–Crippen MR) is 154 cm³/mol. The molecule has 1 aliphatic heterocycles. The van der Waals surface area contributed by atoms with Gasteiger partial charge in [-0.15, -0.1) is 11.3 Å². The number of hydrogen-bond acceptors (Lipinski definition) is 6. The second kappa shape index (κ2) is 9.54. The van der Waals surface area contributed by atoms with Gasteiger partial charge >= 0.3 is 5.63 Å². The van der Waals surface area contributed by atoms with Crippen molar-refractivity contribution in [2.45, 2.75) is 25.3 Å². The molecule has 2 aliphatic rings. The quantitative estimate of drug-likeness (QED) is 0.230. The molecule has 2 aromatic heterocycles. The van der Waals surface area contributed by atoms with Gasteiger partial charge in [-0.2, -0.15) is 5.10 Å². The molecule has 5 nitrogen and oxygen atoms in total. The van der Waals surface area contributed by atoms with Crippen LogP contribution in [0.25, 0.3) is 28.3 Å². The van der Waals surface area contributed by atoms with Gasteiger partial charge in [0.2, 0.25) is 5.13 Å². The summed E-state index contributed by atoms with van der Waals surface area (Å²) in [6.45, 7) is 0. The van der Waals surface area contributed by atoms with E-state index >= 15 is 0 Å². The Kier molecular flexibility index (Phi) is 5.74. The molecule has 3 heterocycles. The Bertz CT molecular complexity index is 1740. The molecule has 7 rings (SSSR count). The van der Waals surface area contributed by atoms with Gasteiger partial charge in [-0.1, -0.05) is 78.9 Å². The molecular formula is C32H25N3O2S. The van der Waals surface area contributed by atoms with E-state index in [4.69, 9.17) is 14.5 Å². The third-order valence-corrected chi connectivity index (χ3v) is 8.22. The maximum Gasteiger partial charge on any atom is 0.345 e. The maximum absolute atomic E-state index is 12.8. The maximum atomic E-state index is 12.8. The highest BCUT2D eigenvalue weighted by Gasteiger charge is 2.42. The van der Waals surface area contributed by atoms with Crippen molar-refractivity contribution >= 4 is 39.2 Å². The van der Waals surface area contributed by atoms with Gasteiger partial charge in [0.15, 0.2) is 0 Å². The van der Waals surface area contributed by atoms with Gasteiger partial charge in [0.05, 0.1) is 23.0 Å². The van der Waals surface area contributed by atoms with Crippen LogP contribution >= 0.6 is 11.3 Å². The minimum Gasteiger partial charge on any atom is -0.422 e. The number of aromatic nitrogens is 1. The van der Waals surface area contributed by atoms with Crippen LogP contribution in [0.2, 0.25) is 0 Å². The van der Waals surface area contributed by atoms with E-state index < -0.39 is 0 Å². The zero-order valence-corrected chi connectivity index (χ0v) is 21.5. The summed E-state index contributed by atoms with van der Waals surface area (Å²) in [5.41, 5.74) is 6.14. The van der Waals surface area contributed by atoms with E-state index in [1.807, 2.05) is 41.8 Å². The number of rotatable bonds is 4. The average Bonchev–Trinajstić information content (AvgIpc) is 3.60. The van der Waals surface area contributed by atoms with Crippen molar-refractivity contribution in [3.63, 3.8) is 0 Å². The number of para-hydroxylation sites is 1. The van der Waals surface area contributed by atoms with Crippen LogP contribution in [0, 0.1) is 5.92 Å². The number of fused-ring (bicyclic) bond motifs is 2. The van der Waals surface area contributed by atoms with Gasteiger partial charge in [-0.05, 0) is 54.2 Å². The molecule has 0 bridgehead atoms. The summed E-state index contributed by atoms with van der Waals surface area (Å²) >= 11 is 1.51. The van der Waals surface area contributed by atoms with Crippen LogP contribution in [0.4, 0.5) is 5.13 Å². The first-order valence-electron chi connectivity index (χ1n) is 12.9. The number of thiazole rings is 1. The highest BCUT2D eigenvalue weighted by Crippen LogP contribution is 2.47. The molecule has 186 valence electrons. The Morgan fingerprint density at radius 1 is 0.947 bits per heavy atom. The molecule has 0 N–H and O–H groups in total. The monoisotopic (exact) mass is 515 g/mol. The summed E-state index contributed by atoms with van der Waals surface area (Å²) < 4.78 is 5.58. The summed E-state index contributed by atoms with van der Waals surface area (Å²) in [4.78, 5) is 17.8. The molecule has 0 spiro atoms. The fraction of sp³-hybridized carbons (Fsp3) is 0.156. The van der Waals surface area contributed by atoms with E-state index in [1.54, 1.807) is 6.07 Å². The van der Waals surface area contributed by atoms with Gasteiger partial charge in [0.1, 0.15) is 5.58 Å². The lowest BCUT2D eigenvalue weighted by Gasteiger charge is -2.29. The molecule has 38 heavy (non-hydrogen) atoms. The van der Waals surface area contributed by atoms with E-state index in [9.17, 15) is 4.79 Å². The number of nitrogens with zero attached hydrogens (tertiary/aromatic N) is 3. The van der Waals surface area contributed by atoms with E-state index in [0.29, 0.717) is 16.8 Å². The van der Waals surface area contributed by atoms with Gasteiger partial charge in [0, 0.05) is 16.7 Å². The molecule has 1 fully saturated rings. The van der Waals surface area contributed by atoms with Crippen molar-refractivity contribution in [1.82, 2.24) is 4.98 Å². The summed E-state index contributed by atoms with van der Waals surface area (Å²) in [6.07, 6.45) is 5.50. The number of allylic oxidation sites excluding steroid dienone is 1. The second-order valence-corrected chi connectivity index (χ2v) is 10.6. The van der Waals surface area contributed by atoms with Crippen molar-refractivity contribution in [3.05, 3.63) is 123 Å². The van der Waals surface area contributed by atoms with Crippen molar-refractivity contribution in [1.29, 1.82) is 0 Å². The van der Waals surface area contributed by atoms with Crippen molar-refractivity contribution in [2.75, 3.05) is 5.01 Å². The normalized spacial score (nSPS) is 20.1. The Labute approximate surface area is 224 Å². The first-order valence-corrected chi connectivity index (χ1v) is 13.8. The molecule has 6 heteroatoms. The Morgan fingerprint density at radius 2 is 1.71 bits per heavy atom. The van der Waals surface area contributed by atoms with Crippen LogP contribution in [-0.2, 0) is 0 Å². The molecule has 5 aromatic rings. The number of hydrogen-bond donors (Lipinski definition) is 0. The molecule has 2 unspecified atom stereocenters. The fourth-order valence-electron chi connectivity index (χ4n) is 5.63. The van der Waals surface area contributed by atoms with Gasteiger partial charge in [-0.3, -0.25) is 0 Å². The molecule has 1 aliphatic carbocycles. The Morgan fingerprint density at radius 3 is 2.55 bits per heavy atom. The van der Waals surface area contributed by atoms with Crippen LogP contribution in [0.5, 0.6) is 0 Å². The van der Waals surface area contributed by atoms with Gasteiger partial charge in [0.25, 0.3) is 0 Å². The lowest BCUT2D eigenvalue weighted by Crippen LogP contribution is -2.28. The largest absolute Gasteiger partial charge is 0.422 e. The first-order chi connectivity index (χ1) is 18.7. The van der Waals surface area contributed by atoms with Crippen molar-refractivity contribution in [3.8, 4) is 11.3 Å². The van der Waals surface area contributed by atoms with Gasteiger partial charge in [-0.25, -0.2) is 14.8 Å². The average molecular weight is 516 g/mol. The van der Waals surface area contributed by atoms with E-state index in [0.717, 1.165) is 35.5 Å². The fourth-order valence-corrected chi connectivity index (χ4v) is 6.44. The van der Waals surface area contributed by atoms with Crippen LogP contribution in [-0.4, -0.2) is 10.7 Å². The number of anilines is 1. The van der Waals surface area contributed by atoms with Crippen LogP contribution < -0.4 is 10.6 Å². The zero-order valence-electron chi connectivity index (χ0n) is 20.7.